The van der Waals surface area contributed by atoms with Crippen LogP contribution >= 0.6 is 0 Å². The minimum atomic E-state index is 1.15. The van der Waals surface area contributed by atoms with E-state index in [0.29, 0.717) is 0 Å². The summed E-state index contributed by atoms with van der Waals surface area (Å²) in [4.78, 5) is 0. The molecule has 0 atom stereocenters. The Kier molecular flexibility index (Phi) is 6.24. The van der Waals surface area contributed by atoms with Gasteiger partial charge in [-0.25, -0.2) is 0 Å². The number of hydrogen-bond donors (Lipinski definition) is 0. The largest absolute Gasteiger partial charge is 0.309 e. The van der Waals surface area contributed by atoms with Gasteiger partial charge in [-0.15, -0.1) is 0 Å². The molecule has 0 bridgehead atoms. The third-order valence-corrected chi connectivity index (χ3v) is 8.90. The highest BCUT2D eigenvalue weighted by Crippen LogP contribution is 2.41. The fourth-order valence-corrected chi connectivity index (χ4v) is 6.82. The van der Waals surface area contributed by atoms with Gasteiger partial charge in [0.25, 0.3) is 0 Å². The lowest BCUT2D eigenvalue weighted by Crippen LogP contribution is -1.97. The minimum absolute atomic E-state index is 1.15. The molecule has 1 aromatic heterocycles. The molecule has 0 radical (unpaired) electrons. The maximum absolute atomic E-state index is 4.28. The van der Waals surface area contributed by atoms with Crippen molar-refractivity contribution >= 4 is 38.7 Å². The van der Waals surface area contributed by atoms with Gasteiger partial charge in [0.1, 0.15) is 0 Å². The molecule has 8 rings (SSSR count). The van der Waals surface area contributed by atoms with Crippen LogP contribution in [0.1, 0.15) is 11.1 Å². The van der Waals surface area contributed by atoms with Gasteiger partial charge in [-0.2, -0.15) is 0 Å². The molecule has 0 aliphatic rings. The summed E-state index contributed by atoms with van der Waals surface area (Å²) in [6, 6.07) is 54.9. The van der Waals surface area contributed by atoms with Crippen LogP contribution < -0.4 is 0 Å². The molecule has 44 heavy (non-hydrogen) atoms. The van der Waals surface area contributed by atoms with E-state index in [1.54, 1.807) is 0 Å². The maximum atomic E-state index is 4.28. The fraction of sp³-hybridized carbons (Fsp3) is 0.0233. The van der Waals surface area contributed by atoms with Crippen LogP contribution in [0.3, 0.4) is 0 Å². The van der Waals surface area contributed by atoms with Gasteiger partial charge < -0.3 is 4.57 Å². The lowest BCUT2D eigenvalue weighted by Gasteiger charge is -2.16. The molecule has 0 N–H and O–H groups in total. The highest BCUT2D eigenvalue weighted by atomic mass is 15.0. The highest BCUT2D eigenvalue weighted by Gasteiger charge is 2.19. The number of rotatable bonds is 5. The number of aryl methyl sites for hydroxylation is 1. The lowest BCUT2D eigenvalue weighted by atomic mass is 9.91. The van der Waals surface area contributed by atoms with Crippen molar-refractivity contribution in [3.05, 3.63) is 169 Å². The molecule has 1 heterocycles. The Hall–Kier alpha value is -5.66. The van der Waals surface area contributed by atoms with Gasteiger partial charge in [-0.3, -0.25) is 0 Å². The smallest absolute Gasteiger partial charge is 0.0619 e. The molecule has 0 saturated carbocycles. The first-order chi connectivity index (χ1) is 21.7. The van der Waals surface area contributed by atoms with Gasteiger partial charge in [0, 0.05) is 21.8 Å². The zero-order valence-electron chi connectivity index (χ0n) is 24.7. The molecular formula is C43H31N. The van der Waals surface area contributed by atoms with Crippen LogP contribution in [-0.2, 0) is 0 Å². The zero-order valence-corrected chi connectivity index (χ0v) is 24.7. The van der Waals surface area contributed by atoms with E-state index < -0.39 is 0 Å². The summed E-state index contributed by atoms with van der Waals surface area (Å²) in [6.45, 7) is 6.46. The third kappa shape index (κ3) is 4.17. The van der Waals surface area contributed by atoms with Crippen molar-refractivity contribution in [2.24, 2.45) is 0 Å². The SMILES string of the molecule is C=Cc1c(-c2ccccc2C)ccc2c1ccc1c3ccccc3n(-c3cc(-c4ccccc4)cc(-c4ccccc4)c3)c21. The molecule has 0 fully saturated rings. The highest BCUT2D eigenvalue weighted by molar-refractivity contribution is 6.20. The normalized spacial score (nSPS) is 11.4. The van der Waals surface area contributed by atoms with E-state index in [9.17, 15) is 0 Å². The quantitative estimate of drug-likeness (QED) is 0.197. The second kappa shape index (κ2) is 10.6. The molecule has 0 spiro atoms. The first kappa shape index (κ1) is 26.0. The molecule has 7 aromatic carbocycles. The van der Waals surface area contributed by atoms with Gasteiger partial charge in [0.05, 0.1) is 11.0 Å². The number of aromatic nitrogens is 1. The van der Waals surface area contributed by atoms with Crippen LogP contribution in [0.25, 0.3) is 77.7 Å². The van der Waals surface area contributed by atoms with Gasteiger partial charge in [0.15, 0.2) is 0 Å². The molecule has 1 nitrogen and oxygen atoms in total. The van der Waals surface area contributed by atoms with E-state index in [0.717, 1.165) is 5.69 Å². The summed E-state index contributed by atoms with van der Waals surface area (Å²) in [5.74, 6) is 0. The van der Waals surface area contributed by atoms with Crippen molar-refractivity contribution in [1.29, 1.82) is 0 Å². The number of fused-ring (bicyclic) bond motifs is 5. The van der Waals surface area contributed by atoms with Crippen LogP contribution in [0.2, 0.25) is 0 Å². The topological polar surface area (TPSA) is 4.93 Å². The van der Waals surface area contributed by atoms with Crippen molar-refractivity contribution in [2.75, 3.05) is 0 Å². The number of benzene rings is 7. The van der Waals surface area contributed by atoms with Crippen LogP contribution in [0.5, 0.6) is 0 Å². The summed E-state index contributed by atoms with van der Waals surface area (Å²) < 4.78 is 2.46. The van der Waals surface area contributed by atoms with Crippen LogP contribution in [0, 0.1) is 6.92 Å². The summed E-state index contributed by atoms with van der Waals surface area (Å²) in [6.07, 6.45) is 2.02. The molecule has 0 aliphatic carbocycles. The minimum Gasteiger partial charge on any atom is -0.309 e. The predicted molar refractivity (Wildman–Crippen MR) is 189 cm³/mol. The zero-order chi connectivity index (χ0) is 29.6. The Morgan fingerprint density at radius 2 is 1.05 bits per heavy atom. The van der Waals surface area contributed by atoms with Crippen LogP contribution in [0.4, 0.5) is 0 Å². The second-order valence-electron chi connectivity index (χ2n) is 11.5. The first-order valence-corrected chi connectivity index (χ1v) is 15.1. The van der Waals surface area contributed by atoms with Gasteiger partial charge in [0.2, 0.25) is 0 Å². The number of hydrogen-bond acceptors (Lipinski definition) is 0. The Bertz CT molecular complexity index is 2280. The monoisotopic (exact) mass is 561 g/mol. The molecule has 0 saturated heterocycles. The second-order valence-corrected chi connectivity index (χ2v) is 11.5. The molecule has 0 unspecified atom stereocenters. The van der Waals surface area contributed by atoms with E-state index >= 15 is 0 Å². The summed E-state index contributed by atoms with van der Waals surface area (Å²) in [7, 11) is 0. The van der Waals surface area contributed by atoms with Crippen molar-refractivity contribution < 1.29 is 0 Å². The summed E-state index contributed by atoms with van der Waals surface area (Å²) >= 11 is 0. The summed E-state index contributed by atoms with van der Waals surface area (Å²) in [5.41, 5.74) is 13.2. The van der Waals surface area contributed by atoms with Crippen molar-refractivity contribution in [3.8, 4) is 39.1 Å². The standard InChI is InChI=1S/C43H31N/c1-3-35-37(36-19-11-10-14-29(36)2)22-24-40-38(35)23-25-41-39-20-12-13-21-42(39)44(43(40)41)34-27-32(30-15-6-4-7-16-30)26-33(28-34)31-17-8-5-9-18-31/h3-28H,1H2,2H3. The van der Waals surface area contributed by atoms with Crippen molar-refractivity contribution in [2.45, 2.75) is 6.92 Å². The third-order valence-electron chi connectivity index (χ3n) is 8.90. The van der Waals surface area contributed by atoms with Crippen molar-refractivity contribution in [1.82, 2.24) is 4.57 Å². The average molecular weight is 562 g/mol. The Balaban J connectivity index is 1.48. The van der Waals surface area contributed by atoms with Gasteiger partial charge in [-0.05, 0) is 81.1 Å². The fourth-order valence-electron chi connectivity index (χ4n) is 6.82. The van der Waals surface area contributed by atoms with E-state index in [1.165, 1.54) is 77.1 Å². The Morgan fingerprint density at radius 1 is 0.477 bits per heavy atom. The first-order valence-electron chi connectivity index (χ1n) is 15.1. The molecule has 0 aliphatic heterocycles. The number of para-hydroxylation sites is 1. The van der Waals surface area contributed by atoms with E-state index in [2.05, 4.69) is 170 Å². The Morgan fingerprint density at radius 3 is 1.73 bits per heavy atom. The maximum Gasteiger partial charge on any atom is 0.0619 e. The van der Waals surface area contributed by atoms with Crippen LogP contribution in [-0.4, -0.2) is 4.57 Å². The molecule has 0 amide bonds. The van der Waals surface area contributed by atoms with E-state index in [-0.39, 0.29) is 0 Å². The predicted octanol–water partition coefficient (Wildman–Crippen LogP) is 11.9. The van der Waals surface area contributed by atoms with E-state index in [1.807, 2.05) is 6.08 Å². The average Bonchev–Trinajstić information content (AvgIpc) is 3.43. The van der Waals surface area contributed by atoms with E-state index in [4.69, 9.17) is 0 Å². The molecular weight excluding hydrogens is 530 g/mol. The molecule has 1 heteroatoms. The number of nitrogens with zero attached hydrogens (tertiary/aromatic N) is 1. The lowest BCUT2D eigenvalue weighted by molar-refractivity contribution is 1.19. The van der Waals surface area contributed by atoms with Crippen molar-refractivity contribution in [3.63, 3.8) is 0 Å². The molecule has 208 valence electrons. The molecule has 8 aromatic rings. The van der Waals surface area contributed by atoms with Gasteiger partial charge in [-0.1, -0.05) is 140 Å². The van der Waals surface area contributed by atoms with Crippen LogP contribution in [0.15, 0.2) is 158 Å². The summed E-state index contributed by atoms with van der Waals surface area (Å²) in [5, 5.41) is 4.93. The Labute approximate surface area is 258 Å². The van der Waals surface area contributed by atoms with Gasteiger partial charge >= 0.3 is 0 Å².